The minimum atomic E-state index is -0.882. The van der Waals surface area contributed by atoms with Gasteiger partial charge < -0.3 is 5.32 Å². The molecule has 1 aliphatic rings. The van der Waals surface area contributed by atoms with Crippen LogP contribution in [0.15, 0.2) is 24.3 Å². The van der Waals surface area contributed by atoms with Crippen molar-refractivity contribution in [3.8, 4) is 0 Å². The standard InChI is InChI=1S/C15H17NO3/c1-3-6-11(16-2)12-13(17)9-7-4-5-8-10(9)14(18)15(12)19/h4-5,7-8,11-12,16H,3,6H2,1-2H3. The van der Waals surface area contributed by atoms with Crippen LogP contribution in [-0.2, 0) is 4.79 Å². The third-order valence-electron chi connectivity index (χ3n) is 3.60. The number of nitrogens with one attached hydrogen (secondary N) is 1. The van der Waals surface area contributed by atoms with Crippen molar-refractivity contribution in [2.75, 3.05) is 7.05 Å². The van der Waals surface area contributed by atoms with Gasteiger partial charge in [-0.25, -0.2) is 0 Å². The van der Waals surface area contributed by atoms with Crippen molar-refractivity contribution in [1.29, 1.82) is 0 Å². The van der Waals surface area contributed by atoms with Crippen LogP contribution < -0.4 is 5.32 Å². The molecule has 0 aliphatic heterocycles. The molecule has 0 saturated carbocycles. The second kappa shape index (κ2) is 5.45. The second-order valence-electron chi connectivity index (χ2n) is 4.76. The number of hydrogen-bond donors (Lipinski definition) is 1. The van der Waals surface area contributed by atoms with Crippen LogP contribution in [0.3, 0.4) is 0 Å². The van der Waals surface area contributed by atoms with Gasteiger partial charge in [-0.15, -0.1) is 0 Å². The maximum atomic E-state index is 12.4. The molecule has 0 aromatic heterocycles. The normalized spacial score (nSPS) is 20.3. The highest BCUT2D eigenvalue weighted by Crippen LogP contribution is 2.26. The van der Waals surface area contributed by atoms with E-state index in [9.17, 15) is 14.4 Å². The van der Waals surface area contributed by atoms with E-state index in [1.54, 1.807) is 25.2 Å². The zero-order valence-electron chi connectivity index (χ0n) is 11.1. The number of carbonyl (C=O) groups is 3. The fourth-order valence-electron chi connectivity index (χ4n) is 2.61. The molecule has 2 rings (SSSR count). The van der Waals surface area contributed by atoms with E-state index in [2.05, 4.69) is 5.32 Å². The third kappa shape index (κ3) is 2.24. The summed E-state index contributed by atoms with van der Waals surface area (Å²) >= 11 is 0. The number of benzene rings is 1. The molecule has 100 valence electrons. The van der Waals surface area contributed by atoms with Crippen molar-refractivity contribution < 1.29 is 14.4 Å². The fraction of sp³-hybridized carbons (Fsp3) is 0.400. The molecule has 1 aromatic rings. The molecule has 1 aliphatic carbocycles. The molecule has 2 atom stereocenters. The highest BCUT2D eigenvalue weighted by molar-refractivity contribution is 6.52. The Bertz CT molecular complexity index is 536. The molecule has 0 spiro atoms. The lowest BCUT2D eigenvalue weighted by Gasteiger charge is -2.27. The van der Waals surface area contributed by atoms with E-state index in [4.69, 9.17) is 0 Å². The smallest absolute Gasteiger partial charge is 0.230 e. The summed E-state index contributed by atoms with van der Waals surface area (Å²) < 4.78 is 0. The van der Waals surface area contributed by atoms with E-state index >= 15 is 0 Å². The quantitative estimate of drug-likeness (QED) is 0.659. The van der Waals surface area contributed by atoms with Gasteiger partial charge in [0.25, 0.3) is 0 Å². The first-order valence-electron chi connectivity index (χ1n) is 6.50. The van der Waals surface area contributed by atoms with Gasteiger partial charge in [0.15, 0.2) is 5.78 Å². The number of fused-ring (bicyclic) bond motifs is 1. The van der Waals surface area contributed by atoms with Crippen LogP contribution in [0.4, 0.5) is 0 Å². The molecule has 2 unspecified atom stereocenters. The molecule has 0 radical (unpaired) electrons. The van der Waals surface area contributed by atoms with Gasteiger partial charge in [0.1, 0.15) is 5.92 Å². The zero-order chi connectivity index (χ0) is 14.0. The molecule has 1 aromatic carbocycles. The molecule has 4 nitrogen and oxygen atoms in total. The zero-order valence-corrected chi connectivity index (χ0v) is 11.1. The highest BCUT2D eigenvalue weighted by Gasteiger charge is 2.43. The molecule has 1 N–H and O–H groups in total. The van der Waals surface area contributed by atoms with Gasteiger partial charge in [0.2, 0.25) is 11.6 Å². The van der Waals surface area contributed by atoms with Crippen molar-refractivity contribution in [2.24, 2.45) is 5.92 Å². The Morgan fingerprint density at radius 1 is 1.11 bits per heavy atom. The van der Waals surface area contributed by atoms with Gasteiger partial charge in [-0.1, -0.05) is 37.6 Å². The molecule has 0 fully saturated rings. The van der Waals surface area contributed by atoms with Crippen LogP contribution in [0.1, 0.15) is 40.5 Å². The second-order valence-corrected chi connectivity index (χ2v) is 4.76. The number of Topliss-reactive ketones (excluding diaryl/α,β-unsaturated/α-hetero) is 3. The van der Waals surface area contributed by atoms with Gasteiger partial charge in [0.05, 0.1) is 0 Å². The maximum Gasteiger partial charge on any atom is 0.230 e. The van der Waals surface area contributed by atoms with E-state index in [1.165, 1.54) is 6.07 Å². The van der Waals surface area contributed by atoms with Crippen molar-refractivity contribution in [2.45, 2.75) is 25.8 Å². The van der Waals surface area contributed by atoms with E-state index in [1.807, 2.05) is 6.92 Å². The third-order valence-corrected chi connectivity index (χ3v) is 3.60. The Morgan fingerprint density at radius 2 is 1.74 bits per heavy atom. The molecule has 0 amide bonds. The lowest BCUT2D eigenvalue weighted by atomic mass is 9.76. The lowest BCUT2D eigenvalue weighted by Crippen LogP contribution is -2.48. The summed E-state index contributed by atoms with van der Waals surface area (Å²) in [7, 11) is 1.71. The molecular weight excluding hydrogens is 242 g/mol. The van der Waals surface area contributed by atoms with E-state index in [-0.39, 0.29) is 17.4 Å². The summed E-state index contributed by atoms with van der Waals surface area (Å²) in [4.78, 5) is 36.7. The maximum absolute atomic E-state index is 12.4. The summed E-state index contributed by atoms with van der Waals surface area (Å²) in [5, 5.41) is 2.99. The average molecular weight is 259 g/mol. The largest absolute Gasteiger partial charge is 0.316 e. The minimum Gasteiger partial charge on any atom is -0.316 e. The first-order chi connectivity index (χ1) is 9.11. The predicted octanol–water partition coefficient (Wildman–Crippen LogP) is 1.64. The van der Waals surface area contributed by atoms with Gasteiger partial charge in [-0.2, -0.15) is 0 Å². The fourth-order valence-corrected chi connectivity index (χ4v) is 2.61. The molecule has 0 heterocycles. The summed E-state index contributed by atoms with van der Waals surface area (Å²) in [5.74, 6) is -2.26. The molecule has 4 heteroatoms. The van der Waals surface area contributed by atoms with Crippen molar-refractivity contribution in [1.82, 2.24) is 5.32 Å². The van der Waals surface area contributed by atoms with Crippen LogP contribution in [-0.4, -0.2) is 30.4 Å². The summed E-state index contributed by atoms with van der Waals surface area (Å²) in [5.41, 5.74) is 0.605. The Kier molecular flexibility index (Phi) is 3.90. The molecule has 0 bridgehead atoms. The van der Waals surface area contributed by atoms with Crippen molar-refractivity contribution in [3.63, 3.8) is 0 Å². The van der Waals surface area contributed by atoms with Crippen molar-refractivity contribution in [3.05, 3.63) is 35.4 Å². The first kappa shape index (κ1) is 13.6. The van der Waals surface area contributed by atoms with Gasteiger partial charge >= 0.3 is 0 Å². The van der Waals surface area contributed by atoms with Gasteiger partial charge in [-0.3, -0.25) is 14.4 Å². The predicted molar refractivity (Wildman–Crippen MR) is 71.4 cm³/mol. The van der Waals surface area contributed by atoms with E-state index < -0.39 is 17.5 Å². The Labute approximate surface area is 112 Å². The highest BCUT2D eigenvalue weighted by atomic mass is 16.2. The Morgan fingerprint density at radius 3 is 2.32 bits per heavy atom. The lowest BCUT2D eigenvalue weighted by molar-refractivity contribution is -0.118. The summed E-state index contributed by atoms with van der Waals surface area (Å²) in [6.45, 7) is 1.98. The molecule has 19 heavy (non-hydrogen) atoms. The number of ketones is 3. The van der Waals surface area contributed by atoms with Crippen molar-refractivity contribution >= 4 is 17.3 Å². The number of rotatable bonds is 4. The molecular formula is C15H17NO3. The topological polar surface area (TPSA) is 63.2 Å². The summed E-state index contributed by atoms with van der Waals surface area (Å²) in [6.07, 6.45) is 1.53. The van der Waals surface area contributed by atoms with E-state index in [0.29, 0.717) is 12.0 Å². The first-order valence-corrected chi connectivity index (χ1v) is 6.50. The van der Waals surface area contributed by atoms with Crippen LogP contribution in [0.25, 0.3) is 0 Å². The number of carbonyl (C=O) groups excluding carboxylic acids is 3. The molecule has 0 saturated heterocycles. The van der Waals surface area contributed by atoms with E-state index in [0.717, 1.165) is 6.42 Å². The van der Waals surface area contributed by atoms with Crippen LogP contribution in [0.5, 0.6) is 0 Å². The van der Waals surface area contributed by atoms with Gasteiger partial charge in [-0.05, 0) is 13.5 Å². The number of hydrogen-bond acceptors (Lipinski definition) is 4. The summed E-state index contributed by atoms with van der Waals surface area (Å²) in [6, 6.07) is 6.26. The van der Waals surface area contributed by atoms with Crippen LogP contribution in [0.2, 0.25) is 0 Å². The Hall–Kier alpha value is -1.81. The van der Waals surface area contributed by atoms with Crippen LogP contribution in [0, 0.1) is 5.92 Å². The van der Waals surface area contributed by atoms with Crippen LogP contribution >= 0.6 is 0 Å². The minimum absolute atomic E-state index is 0.236. The average Bonchev–Trinajstić information content (AvgIpc) is 2.44. The SMILES string of the molecule is CCCC(NC)C1C(=O)C(=O)c2ccccc2C1=O. The Balaban J connectivity index is 2.46. The van der Waals surface area contributed by atoms with Gasteiger partial charge in [0, 0.05) is 17.2 Å². The monoisotopic (exact) mass is 259 g/mol.